The summed E-state index contributed by atoms with van der Waals surface area (Å²) in [5.41, 5.74) is 2.33. The second kappa shape index (κ2) is 5.50. The van der Waals surface area contributed by atoms with Crippen LogP contribution in [0.4, 0.5) is 0 Å². The fraction of sp³-hybridized carbons (Fsp3) is 0.0714. The molecule has 0 aliphatic heterocycles. The quantitative estimate of drug-likeness (QED) is 0.839. The molecule has 1 aromatic heterocycles. The highest BCUT2D eigenvalue weighted by Crippen LogP contribution is 2.31. The number of thiophene rings is 1. The smallest absolute Gasteiger partial charge is 0.328 e. The normalized spacial score (nSPS) is 11.0. The van der Waals surface area contributed by atoms with Crippen LogP contribution in [0.5, 0.6) is 0 Å². The Kier molecular flexibility index (Phi) is 3.99. The summed E-state index contributed by atoms with van der Waals surface area (Å²) in [6.07, 6.45) is 2.77. The first-order valence-electron chi connectivity index (χ1n) is 5.33. The van der Waals surface area contributed by atoms with Crippen molar-refractivity contribution in [2.75, 3.05) is 0 Å². The number of carboxylic acid groups (broad SMARTS) is 1. The molecule has 0 aliphatic rings. The van der Waals surface area contributed by atoms with Crippen LogP contribution in [-0.4, -0.2) is 11.1 Å². The molecule has 1 aromatic carbocycles. The van der Waals surface area contributed by atoms with Gasteiger partial charge in [0.25, 0.3) is 0 Å². The Balaban J connectivity index is 2.29. The van der Waals surface area contributed by atoms with Gasteiger partial charge in [-0.1, -0.05) is 22.0 Å². The summed E-state index contributed by atoms with van der Waals surface area (Å²) in [5, 5.41) is 8.58. The van der Waals surface area contributed by atoms with Crippen LogP contribution in [0, 0.1) is 6.92 Å². The van der Waals surface area contributed by atoms with Crippen LogP contribution < -0.4 is 0 Å². The highest BCUT2D eigenvalue weighted by molar-refractivity contribution is 9.10. The van der Waals surface area contributed by atoms with E-state index in [-0.39, 0.29) is 0 Å². The maximum absolute atomic E-state index is 10.4. The zero-order valence-corrected chi connectivity index (χ0v) is 12.1. The van der Waals surface area contributed by atoms with E-state index >= 15 is 0 Å². The van der Waals surface area contributed by atoms with Crippen LogP contribution in [0.1, 0.15) is 10.4 Å². The number of hydrogen-bond donors (Lipinski definition) is 1. The SMILES string of the molecule is Cc1cc(-c2ccc(/C=C/C(=O)O)s2)ccc1Br. The molecule has 0 aliphatic carbocycles. The van der Waals surface area contributed by atoms with Crippen molar-refractivity contribution in [3.05, 3.63) is 51.3 Å². The van der Waals surface area contributed by atoms with Gasteiger partial charge in [-0.2, -0.15) is 0 Å². The summed E-state index contributed by atoms with van der Waals surface area (Å²) in [6.45, 7) is 2.05. The number of aryl methyl sites for hydroxylation is 1. The highest BCUT2D eigenvalue weighted by Gasteiger charge is 2.03. The van der Waals surface area contributed by atoms with Crippen molar-refractivity contribution in [3.8, 4) is 10.4 Å². The van der Waals surface area contributed by atoms with E-state index in [2.05, 4.69) is 22.0 Å². The lowest BCUT2D eigenvalue weighted by molar-refractivity contribution is -0.131. The predicted octanol–water partition coefficient (Wildman–Crippen LogP) is 4.58. The van der Waals surface area contributed by atoms with Crippen molar-refractivity contribution in [1.82, 2.24) is 0 Å². The number of carbonyl (C=O) groups is 1. The third-order valence-corrected chi connectivity index (χ3v) is 4.45. The monoisotopic (exact) mass is 322 g/mol. The molecule has 0 unspecified atom stereocenters. The molecule has 0 radical (unpaired) electrons. The van der Waals surface area contributed by atoms with Gasteiger partial charge >= 0.3 is 5.97 Å². The van der Waals surface area contributed by atoms with Gasteiger partial charge in [-0.3, -0.25) is 0 Å². The van der Waals surface area contributed by atoms with Gasteiger partial charge in [-0.25, -0.2) is 4.79 Å². The van der Waals surface area contributed by atoms with Gasteiger partial charge in [0.2, 0.25) is 0 Å². The van der Waals surface area contributed by atoms with Crippen molar-refractivity contribution < 1.29 is 9.90 Å². The molecular weight excluding hydrogens is 312 g/mol. The molecule has 0 saturated heterocycles. The molecule has 0 spiro atoms. The molecule has 92 valence electrons. The van der Waals surface area contributed by atoms with Gasteiger partial charge in [0, 0.05) is 20.3 Å². The average Bonchev–Trinajstić information content (AvgIpc) is 2.79. The third-order valence-electron chi connectivity index (χ3n) is 2.46. The number of benzene rings is 1. The number of halogens is 1. The topological polar surface area (TPSA) is 37.3 Å². The van der Waals surface area contributed by atoms with Crippen molar-refractivity contribution in [3.63, 3.8) is 0 Å². The fourth-order valence-electron chi connectivity index (χ4n) is 1.55. The van der Waals surface area contributed by atoms with E-state index in [1.165, 1.54) is 5.56 Å². The first kappa shape index (κ1) is 13.1. The van der Waals surface area contributed by atoms with E-state index in [0.717, 1.165) is 25.9 Å². The maximum Gasteiger partial charge on any atom is 0.328 e. The molecule has 0 bridgehead atoms. The van der Waals surface area contributed by atoms with E-state index in [0.29, 0.717) is 0 Å². The van der Waals surface area contributed by atoms with Gasteiger partial charge < -0.3 is 5.11 Å². The molecule has 4 heteroatoms. The van der Waals surface area contributed by atoms with Crippen LogP contribution in [0.2, 0.25) is 0 Å². The Morgan fingerprint density at radius 2 is 2.11 bits per heavy atom. The van der Waals surface area contributed by atoms with Crippen molar-refractivity contribution >= 4 is 39.3 Å². The summed E-state index contributed by atoms with van der Waals surface area (Å²) in [6, 6.07) is 10.1. The van der Waals surface area contributed by atoms with E-state index in [1.54, 1.807) is 17.4 Å². The molecule has 0 saturated carbocycles. The van der Waals surface area contributed by atoms with Crippen LogP contribution in [0.15, 0.2) is 40.9 Å². The number of carboxylic acids is 1. The van der Waals surface area contributed by atoms with E-state index in [9.17, 15) is 4.79 Å². The summed E-state index contributed by atoms with van der Waals surface area (Å²) >= 11 is 5.05. The third kappa shape index (κ3) is 3.09. The second-order valence-corrected chi connectivity index (χ2v) is 5.81. The van der Waals surface area contributed by atoms with Crippen LogP contribution in [0.3, 0.4) is 0 Å². The van der Waals surface area contributed by atoms with Crippen LogP contribution in [0.25, 0.3) is 16.5 Å². The largest absolute Gasteiger partial charge is 0.478 e. The van der Waals surface area contributed by atoms with Crippen molar-refractivity contribution in [1.29, 1.82) is 0 Å². The Bertz CT molecular complexity index is 614. The molecule has 2 aromatic rings. The number of hydrogen-bond acceptors (Lipinski definition) is 2. The van der Waals surface area contributed by atoms with Gasteiger partial charge in [-0.15, -0.1) is 11.3 Å². The van der Waals surface area contributed by atoms with Crippen molar-refractivity contribution in [2.24, 2.45) is 0 Å². The lowest BCUT2D eigenvalue weighted by atomic mass is 10.1. The van der Waals surface area contributed by atoms with Crippen LogP contribution >= 0.6 is 27.3 Å². The van der Waals surface area contributed by atoms with E-state index < -0.39 is 5.97 Å². The number of rotatable bonds is 3. The van der Waals surface area contributed by atoms with E-state index in [1.807, 2.05) is 31.2 Å². The summed E-state index contributed by atoms with van der Waals surface area (Å²) in [7, 11) is 0. The Morgan fingerprint density at radius 1 is 1.33 bits per heavy atom. The minimum absolute atomic E-state index is 0.926. The zero-order valence-electron chi connectivity index (χ0n) is 9.68. The van der Waals surface area contributed by atoms with Gasteiger partial charge in [0.1, 0.15) is 0 Å². The molecule has 0 fully saturated rings. The molecule has 0 amide bonds. The molecule has 2 rings (SSSR count). The molecule has 2 nitrogen and oxygen atoms in total. The van der Waals surface area contributed by atoms with E-state index in [4.69, 9.17) is 5.11 Å². The first-order valence-corrected chi connectivity index (χ1v) is 6.94. The van der Waals surface area contributed by atoms with Crippen molar-refractivity contribution in [2.45, 2.75) is 6.92 Å². The molecule has 18 heavy (non-hydrogen) atoms. The average molecular weight is 323 g/mol. The second-order valence-electron chi connectivity index (χ2n) is 3.84. The lowest BCUT2D eigenvalue weighted by Crippen LogP contribution is -1.84. The minimum atomic E-state index is -0.926. The Labute approximate surface area is 118 Å². The minimum Gasteiger partial charge on any atom is -0.478 e. The summed E-state index contributed by atoms with van der Waals surface area (Å²) in [5.74, 6) is -0.926. The summed E-state index contributed by atoms with van der Waals surface area (Å²) in [4.78, 5) is 12.5. The predicted molar refractivity (Wildman–Crippen MR) is 78.9 cm³/mol. The van der Waals surface area contributed by atoms with Gasteiger partial charge in [0.15, 0.2) is 0 Å². The fourth-order valence-corrected chi connectivity index (χ4v) is 2.70. The molecule has 0 atom stereocenters. The summed E-state index contributed by atoms with van der Waals surface area (Å²) < 4.78 is 1.09. The molecule has 1 heterocycles. The molecular formula is C14H11BrO2S. The Morgan fingerprint density at radius 3 is 2.78 bits per heavy atom. The standard InChI is InChI=1S/C14H11BrO2S/c1-9-8-10(2-5-12(9)15)13-6-3-11(18-13)4-7-14(16)17/h2-8H,1H3,(H,16,17)/b7-4+. The van der Waals surface area contributed by atoms with Crippen LogP contribution in [-0.2, 0) is 4.79 Å². The molecule has 1 N–H and O–H groups in total. The first-order chi connectivity index (χ1) is 8.56. The Hall–Kier alpha value is -1.39. The lowest BCUT2D eigenvalue weighted by Gasteiger charge is -2.01. The number of aliphatic carboxylic acids is 1. The zero-order chi connectivity index (χ0) is 13.1. The highest BCUT2D eigenvalue weighted by atomic mass is 79.9. The maximum atomic E-state index is 10.4. The van der Waals surface area contributed by atoms with Gasteiger partial charge in [0.05, 0.1) is 0 Å². The van der Waals surface area contributed by atoms with Gasteiger partial charge in [-0.05, 0) is 48.4 Å².